The Morgan fingerprint density at radius 3 is 2.38 bits per heavy atom. The second-order valence-electron chi connectivity index (χ2n) is 7.13. The maximum absolute atomic E-state index is 13.6. The predicted octanol–water partition coefficient (Wildman–Crippen LogP) is 5.16. The van der Waals surface area contributed by atoms with Crippen LogP contribution in [0.1, 0.15) is 17.2 Å². The molecule has 0 fully saturated rings. The summed E-state index contributed by atoms with van der Waals surface area (Å²) in [5.41, 5.74) is 1.43. The molecule has 8 nitrogen and oxygen atoms in total. The number of hydrogen-bond donors (Lipinski definition) is 2. The van der Waals surface area contributed by atoms with Gasteiger partial charge in [-0.15, -0.1) is 0 Å². The molecule has 2 N–H and O–H groups in total. The van der Waals surface area contributed by atoms with E-state index in [2.05, 4.69) is 25.6 Å². The summed E-state index contributed by atoms with van der Waals surface area (Å²) in [6.07, 6.45) is 3.52. The Morgan fingerprint density at radius 1 is 0.969 bits per heavy atom. The lowest BCUT2D eigenvalue weighted by atomic mass is 10.2. The van der Waals surface area contributed by atoms with Gasteiger partial charge in [-0.3, -0.25) is 4.57 Å². The molecule has 2 heterocycles. The number of rotatable bonds is 5. The van der Waals surface area contributed by atoms with Crippen LogP contribution in [0, 0.1) is 26.6 Å². The van der Waals surface area contributed by atoms with Gasteiger partial charge in [0.25, 0.3) is 0 Å². The van der Waals surface area contributed by atoms with E-state index >= 15 is 0 Å². The molecule has 0 spiro atoms. The zero-order valence-electron chi connectivity index (χ0n) is 17.8. The number of imidazole rings is 1. The van der Waals surface area contributed by atoms with Crippen LogP contribution in [0.25, 0.3) is 5.82 Å². The summed E-state index contributed by atoms with van der Waals surface area (Å²) in [4.78, 5) is 25.1. The molecule has 0 unspecified atom stereocenters. The lowest BCUT2D eigenvalue weighted by molar-refractivity contribution is 0.262. The van der Waals surface area contributed by atoms with Gasteiger partial charge in [-0.25, -0.2) is 19.2 Å². The third-order valence-electron chi connectivity index (χ3n) is 4.64. The molecule has 0 aliphatic heterocycles. The Balaban J connectivity index is 1.42. The number of hydrogen-bond acceptors (Lipinski definition) is 5. The molecule has 0 aliphatic rings. The van der Waals surface area contributed by atoms with E-state index in [0.717, 1.165) is 5.82 Å². The van der Waals surface area contributed by atoms with Crippen molar-refractivity contribution < 1.29 is 13.9 Å². The normalized spacial score (nSPS) is 10.6. The third kappa shape index (κ3) is 4.89. The standard InChI is InChI=1S/C23H21FN6O2/c1-14-4-5-18(12-20(14)24)29-23(31)28-17-6-8-19(9-7-17)32-22-13-21(26-15(2)27-22)30-11-10-25-16(30)3/h4-13H,1-3H3,(H2,28,29,31). The first-order valence-corrected chi connectivity index (χ1v) is 9.85. The number of halogens is 1. The molecular weight excluding hydrogens is 411 g/mol. The van der Waals surface area contributed by atoms with Gasteiger partial charge in [-0.1, -0.05) is 6.07 Å². The molecule has 0 radical (unpaired) electrons. The Bertz CT molecular complexity index is 1270. The molecule has 0 saturated heterocycles. The molecule has 4 aromatic rings. The van der Waals surface area contributed by atoms with Crippen LogP contribution in [0.4, 0.5) is 20.6 Å². The zero-order chi connectivity index (χ0) is 22.7. The molecule has 2 aromatic carbocycles. The predicted molar refractivity (Wildman–Crippen MR) is 119 cm³/mol. The van der Waals surface area contributed by atoms with Crippen LogP contribution in [0.2, 0.25) is 0 Å². The number of aromatic nitrogens is 4. The van der Waals surface area contributed by atoms with Crippen molar-refractivity contribution in [3.8, 4) is 17.4 Å². The molecule has 9 heteroatoms. The van der Waals surface area contributed by atoms with Crippen molar-refractivity contribution in [2.45, 2.75) is 20.8 Å². The summed E-state index contributed by atoms with van der Waals surface area (Å²) in [7, 11) is 0. The molecule has 2 amide bonds. The highest BCUT2D eigenvalue weighted by Crippen LogP contribution is 2.23. The number of anilines is 2. The Hall–Kier alpha value is -4.27. The number of urea groups is 1. The Kier molecular flexibility index (Phi) is 5.80. The van der Waals surface area contributed by atoms with E-state index in [9.17, 15) is 9.18 Å². The summed E-state index contributed by atoms with van der Waals surface area (Å²) in [5, 5.41) is 5.29. The van der Waals surface area contributed by atoms with E-state index in [1.54, 1.807) is 62.5 Å². The highest BCUT2D eigenvalue weighted by molar-refractivity contribution is 5.99. The highest BCUT2D eigenvalue weighted by Gasteiger charge is 2.09. The number of nitrogens with one attached hydrogen (secondary N) is 2. The summed E-state index contributed by atoms with van der Waals surface area (Å²) in [6, 6.07) is 12.6. The number of benzene rings is 2. The second-order valence-corrected chi connectivity index (χ2v) is 7.13. The van der Waals surface area contributed by atoms with Crippen molar-refractivity contribution in [3.63, 3.8) is 0 Å². The monoisotopic (exact) mass is 432 g/mol. The van der Waals surface area contributed by atoms with E-state index in [0.29, 0.717) is 40.2 Å². The van der Waals surface area contributed by atoms with Crippen molar-refractivity contribution >= 4 is 17.4 Å². The summed E-state index contributed by atoms with van der Waals surface area (Å²) < 4.78 is 21.3. The number of aryl methyl sites for hydroxylation is 3. The maximum Gasteiger partial charge on any atom is 0.323 e. The van der Waals surface area contributed by atoms with Crippen LogP contribution in [0.3, 0.4) is 0 Å². The average Bonchev–Trinajstić information content (AvgIpc) is 3.18. The summed E-state index contributed by atoms with van der Waals surface area (Å²) >= 11 is 0. The van der Waals surface area contributed by atoms with Crippen LogP contribution in [0.5, 0.6) is 11.6 Å². The van der Waals surface area contributed by atoms with Crippen LogP contribution >= 0.6 is 0 Å². The minimum Gasteiger partial charge on any atom is -0.439 e. The quantitative estimate of drug-likeness (QED) is 0.454. The summed E-state index contributed by atoms with van der Waals surface area (Å²) in [6.45, 7) is 5.33. The van der Waals surface area contributed by atoms with Crippen molar-refractivity contribution in [1.29, 1.82) is 0 Å². The SMILES string of the molecule is Cc1nc(Oc2ccc(NC(=O)Nc3ccc(C)c(F)c3)cc2)cc(-n2ccnc2C)n1. The zero-order valence-corrected chi connectivity index (χ0v) is 17.8. The number of nitrogens with zero attached hydrogens (tertiary/aromatic N) is 4. The van der Waals surface area contributed by atoms with Crippen molar-refractivity contribution in [2.75, 3.05) is 10.6 Å². The first-order valence-electron chi connectivity index (χ1n) is 9.85. The van der Waals surface area contributed by atoms with Crippen molar-refractivity contribution in [1.82, 2.24) is 19.5 Å². The molecule has 32 heavy (non-hydrogen) atoms. The van der Waals surface area contributed by atoms with Crippen LogP contribution < -0.4 is 15.4 Å². The maximum atomic E-state index is 13.6. The largest absolute Gasteiger partial charge is 0.439 e. The molecular formula is C23H21FN6O2. The fraction of sp³-hybridized carbons (Fsp3) is 0.130. The van der Waals surface area contributed by atoms with E-state index in [4.69, 9.17) is 4.74 Å². The first kappa shape index (κ1) is 21.0. The molecule has 4 rings (SSSR count). The second kappa shape index (κ2) is 8.84. The number of amides is 2. The number of carbonyl (C=O) groups is 1. The highest BCUT2D eigenvalue weighted by atomic mass is 19.1. The van der Waals surface area contributed by atoms with Crippen LogP contribution in [-0.2, 0) is 0 Å². The summed E-state index contributed by atoms with van der Waals surface area (Å²) in [5.74, 6) is 2.58. The van der Waals surface area contributed by atoms with Gasteiger partial charge in [0, 0.05) is 29.8 Å². The van der Waals surface area contributed by atoms with Gasteiger partial charge in [0.05, 0.1) is 0 Å². The Morgan fingerprint density at radius 2 is 1.69 bits per heavy atom. The van der Waals surface area contributed by atoms with Crippen LogP contribution in [-0.4, -0.2) is 25.6 Å². The van der Waals surface area contributed by atoms with E-state index in [1.807, 2.05) is 17.7 Å². The van der Waals surface area contributed by atoms with Gasteiger partial charge in [0.1, 0.15) is 29.0 Å². The minimum absolute atomic E-state index is 0.369. The fourth-order valence-corrected chi connectivity index (χ4v) is 3.01. The minimum atomic E-state index is -0.478. The molecule has 0 aliphatic carbocycles. The van der Waals surface area contributed by atoms with E-state index in [1.165, 1.54) is 6.07 Å². The van der Waals surface area contributed by atoms with E-state index in [-0.39, 0.29) is 5.82 Å². The van der Waals surface area contributed by atoms with Gasteiger partial charge in [0.2, 0.25) is 5.88 Å². The molecule has 0 bridgehead atoms. The lowest BCUT2D eigenvalue weighted by Crippen LogP contribution is -2.19. The number of carbonyl (C=O) groups excluding carboxylic acids is 1. The van der Waals surface area contributed by atoms with Crippen molar-refractivity contribution in [2.24, 2.45) is 0 Å². The van der Waals surface area contributed by atoms with E-state index < -0.39 is 6.03 Å². The Labute approximate surface area is 184 Å². The average molecular weight is 432 g/mol. The van der Waals surface area contributed by atoms with Crippen molar-refractivity contribution in [3.05, 3.63) is 84.0 Å². The van der Waals surface area contributed by atoms with Gasteiger partial charge in [-0.05, 0) is 62.7 Å². The lowest BCUT2D eigenvalue weighted by Gasteiger charge is -2.11. The molecule has 2 aromatic heterocycles. The van der Waals surface area contributed by atoms with Crippen LogP contribution in [0.15, 0.2) is 60.9 Å². The molecule has 162 valence electrons. The first-order chi connectivity index (χ1) is 15.4. The molecule has 0 saturated carbocycles. The van der Waals surface area contributed by atoms with Gasteiger partial charge in [0.15, 0.2) is 0 Å². The molecule has 0 atom stereocenters. The number of ether oxygens (including phenoxy) is 1. The van der Waals surface area contributed by atoms with Gasteiger partial charge >= 0.3 is 6.03 Å². The topological polar surface area (TPSA) is 94.0 Å². The smallest absolute Gasteiger partial charge is 0.323 e. The van der Waals surface area contributed by atoms with Gasteiger partial charge in [-0.2, -0.15) is 4.98 Å². The van der Waals surface area contributed by atoms with Gasteiger partial charge < -0.3 is 15.4 Å². The fourth-order valence-electron chi connectivity index (χ4n) is 3.01. The third-order valence-corrected chi connectivity index (χ3v) is 4.64.